The summed E-state index contributed by atoms with van der Waals surface area (Å²) in [7, 11) is 0. The van der Waals surface area contributed by atoms with Crippen LogP contribution in [0, 0.1) is 5.92 Å². The molecular formula is C12H17N3O. The Bertz CT molecular complexity index is 345. The van der Waals surface area contributed by atoms with Crippen molar-refractivity contribution in [1.82, 2.24) is 15.1 Å². The number of carbonyl (C=O) groups excluding carboxylic acids is 1. The summed E-state index contributed by atoms with van der Waals surface area (Å²) in [6.07, 6.45) is 4.84. The fourth-order valence-electron chi connectivity index (χ4n) is 2.19. The molecule has 1 aliphatic heterocycles. The van der Waals surface area contributed by atoms with Crippen LogP contribution < -0.4 is 0 Å². The predicted octanol–water partition coefficient (Wildman–Crippen LogP) is 1.28. The molecule has 2 heterocycles. The highest BCUT2D eigenvalue weighted by Crippen LogP contribution is 2.20. The molecule has 1 amide bonds. The van der Waals surface area contributed by atoms with Gasteiger partial charge in [0.25, 0.3) is 0 Å². The zero-order chi connectivity index (χ0) is 11.4. The van der Waals surface area contributed by atoms with E-state index < -0.39 is 0 Å². The lowest BCUT2D eigenvalue weighted by Crippen LogP contribution is -2.37. The van der Waals surface area contributed by atoms with E-state index in [1.165, 1.54) is 0 Å². The highest BCUT2D eigenvalue weighted by molar-refractivity contribution is 5.73. The van der Waals surface area contributed by atoms with E-state index in [0.717, 1.165) is 38.0 Å². The molecule has 0 aliphatic carbocycles. The molecule has 2 rings (SSSR count). The molecule has 86 valence electrons. The zero-order valence-corrected chi connectivity index (χ0v) is 9.59. The van der Waals surface area contributed by atoms with Crippen LogP contribution in [0.15, 0.2) is 18.3 Å². The van der Waals surface area contributed by atoms with Crippen LogP contribution in [0.2, 0.25) is 0 Å². The Kier molecular flexibility index (Phi) is 3.49. The summed E-state index contributed by atoms with van der Waals surface area (Å²) in [5.74, 6) is 0.838. The number of piperidine rings is 1. The van der Waals surface area contributed by atoms with Gasteiger partial charge in [0.1, 0.15) is 0 Å². The van der Waals surface area contributed by atoms with Crippen LogP contribution in [-0.4, -0.2) is 34.1 Å². The number of nitrogens with zero attached hydrogens (tertiary/aromatic N) is 3. The van der Waals surface area contributed by atoms with Crippen molar-refractivity contribution in [3.8, 4) is 0 Å². The number of aromatic nitrogens is 2. The van der Waals surface area contributed by atoms with E-state index in [-0.39, 0.29) is 5.91 Å². The van der Waals surface area contributed by atoms with Crippen molar-refractivity contribution in [2.45, 2.75) is 26.2 Å². The zero-order valence-electron chi connectivity index (χ0n) is 9.59. The van der Waals surface area contributed by atoms with Gasteiger partial charge in [0.15, 0.2) is 0 Å². The topological polar surface area (TPSA) is 46.1 Å². The molecule has 1 fully saturated rings. The number of rotatable bonds is 2. The average Bonchev–Trinajstić information content (AvgIpc) is 2.31. The molecule has 1 saturated heterocycles. The maximum Gasteiger partial charge on any atom is 0.219 e. The highest BCUT2D eigenvalue weighted by atomic mass is 16.2. The van der Waals surface area contributed by atoms with E-state index in [0.29, 0.717) is 5.92 Å². The Balaban J connectivity index is 1.84. The molecule has 4 nitrogen and oxygen atoms in total. The lowest BCUT2D eigenvalue weighted by molar-refractivity contribution is -0.130. The van der Waals surface area contributed by atoms with Gasteiger partial charge in [-0.3, -0.25) is 4.79 Å². The van der Waals surface area contributed by atoms with Gasteiger partial charge in [-0.2, -0.15) is 10.2 Å². The molecule has 0 bridgehead atoms. The molecule has 1 aliphatic rings. The molecule has 0 N–H and O–H groups in total. The van der Waals surface area contributed by atoms with E-state index in [2.05, 4.69) is 10.2 Å². The highest BCUT2D eigenvalue weighted by Gasteiger charge is 2.21. The first kappa shape index (κ1) is 11.0. The molecule has 0 atom stereocenters. The third kappa shape index (κ3) is 2.78. The molecule has 0 saturated carbocycles. The minimum absolute atomic E-state index is 0.193. The largest absolute Gasteiger partial charge is 0.343 e. The van der Waals surface area contributed by atoms with Gasteiger partial charge in [-0.15, -0.1) is 0 Å². The quantitative estimate of drug-likeness (QED) is 0.752. The second-order valence-electron chi connectivity index (χ2n) is 4.37. The number of amides is 1. The van der Waals surface area contributed by atoms with Crippen molar-refractivity contribution in [2.24, 2.45) is 5.92 Å². The summed E-state index contributed by atoms with van der Waals surface area (Å²) in [4.78, 5) is 13.1. The third-order valence-electron chi connectivity index (χ3n) is 3.19. The van der Waals surface area contributed by atoms with E-state index >= 15 is 0 Å². The van der Waals surface area contributed by atoms with Crippen LogP contribution in [0.5, 0.6) is 0 Å². The number of likely N-dealkylation sites (tertiary alicyclic amines) is 1. The van der Waals surface area contributed by atoms with Gasteiger partial charge >= 0.3 is 0 Å². The fraction of sp³-hybridized carbons (Fsp3) is 0.583. The smallest absolute Gasteiger partial charge is 0.219 e. The first-order chi connectivity index (χ1) is 7.75. The summed E-state index contributed by atoms with van der Waals surface area (Å²) in [5.41, 5.74) is 1.06. The van der Waals surface area contributed by atoms with E-state index in [1.807, 2.05) is 17.0 Å². The molecule has 16 heavy (non-hydrogen) atoms. The normalized spacial score (nSPS) is 17.4. The molecule has 1 aromatic heterocycles. The van der Waals surface area contributed by atoms with Gasteiger partial charge in [-0.05, 0) is 37.3 Å². The van der Waals surface area contributed by atoms with Crippen molar-refractivity contribution in [2.75, 3.05) is 13.1 Å². The molecular weight excluding hydrogens is 202 g/mol. The van der Waals surface area contributed by atoms with Crippen LogP contribution in [0.4, 0.5) is 0 Å². The maximum absolute atomic E-state index is 11.2. The SMILES string of the molecule is CC(=O)N1CCC(Cc2cccnn2)CC1. The standard InChI is InChI=1S/C12H17N3O/c1-10(16)15-7-4-11(5-8-15)9-12-3-2-6-13-14-12/h2-3,6,11H,4-5,7-9H2,1H3. The number of hydrogen-bond acceptors (Lipinski definition) is 3. The summed E-state index contributed by atoms with van der Waals surface area (Å²) in [6, 6.07) is 3.94. The van der Waals surface area contributed by atoms with E-state index in [9.17, 15) is 4.79 Å². The number of hydrogen-bond donors (Lipinski definition) is 0. The Hall–Kier alpha value is -1.45. The lowest BCUT2D eigenvalue weighted by Gasteiger charge is -2.31. The van der Waals surface area contributed by atoms with Gasteiger partial charge in [0, 0.05) is 26.2 Å². The van der Waals surface area contributed by atoms with E-state index in [1.54, 1.807) is 13.1 Å². The lowest BCUT2D eigenvalue weighted by atomic mass is 9.92. The maximum atomic E-state index is 11.2. The molecule has 0 unspecified atom stereocenters. The van der Waals surface area contributed by atoms with Crippen LogP contribution in [-0.2, 0) is 11.2 Å². The van der Waals surface area contributed by atoms with Crippen molar-refractivity contribution in [1.29, 1.82) is 0 Å². The number of carbonyl (C=O) groups is 1. The van der Waals surface area contributed by atoms with Crippen molar-refractivity contribution in [3.05, 3.63) is 24.0 Å². The van der Waals surface area contributed by atoms with Crippen LogP contribution in [0.25, 0.3) is 0 Å². The molecule has 0 radical (unpaired) electrons. The van der Waals surface area contributed by atoms with Crippen LogP contribution >= 0.6 is 0 Å². The predicted molar refractivity (Wildman–Crippen MR) is 60.7 cm³/mol. The average molecular weight is 219 g/mol. The Labute approximate surface area is 95.7 Å². The summed E-state index contributed by atoms with van der Waals surface area (Å²) in [5, 5.41) is 7.98. The summed E-state index contributed by atoms with van der Waals surface area (Å²) >= 11 is 0. The molecule has 4 heteroatoms. The van der Waals surface area contributed by atoms with Gasteiger partial charge in [0.05, 0.1) is 5.69 Å². The molecule has 1 aromatic rings. The van der Waals surface area contributed by atoms with Crippen LogP contribution in [0.3, 0.4) is 0 Å². The second kappa shape index (κ2) is 5.05. The Morgan fingerprint density at radius 2 is 2.25 bits per heavy atom. The van der Waals surface area contributed by atoms with Crippen molar-refractivity contribution >= 4 is 5.91 Å². The van der Waals surface area contributed by atoms with Crippen LogP contribution in [0.1, 0.15) is 25.5 Å². The van der Waals surface area contributed by atoms with Crippen molar-refractivity contribution < 1.29 is 4.79 Å². The Morgan fingerprint density at radius 1 is 1.50 bits per heavy atom. The summed E-state index contributed by atoms with van der Waals surface area (Å²) in [6.45, 7) is 3.42. The van der Waals surface area contributed by atoms with Gasteiger partial charge in [-0.1, -0.05) is 0 Å². The van der Waals surface area contributed by atoms with Crippen molar-refractivity contribution in [3.63, 3.8) is 0 Å². The minimum Gasteiger partial charge on any atom is -0.343 e. The molecule has 0 spiro atoms. The monoisotopic (exact) mass is 219 g/mol. The van der Waals surface area contributed by atoms with Gasteiger partial charge in [0.2, 0.25) is 5.91 Å². The first-order valence-electron chi connectivity index (χ1n) is 5.78. The Morgan fingerprint density at radius 3 is 2.81 bits per heavy atom. The molecule has 0 aromatic carbocycles. The minimum atomic E-state index is 0.193. The van der Waals surface area contributed by atoms with Gasteiger partial charge in [-0.25, -0.2) is 0 Å². The first-order valence-corrected chi connectivity index (χ1v) is 5.78. The second-order valence-corrected chi connectivity index (χ2v) is 4.37. The third-order valence-corrected chi connectivity index (χ3v) is 3.19. The van der Waals surface area contributed by atoms with E-state index in [4.69, 9.17) is 0 Å². The fourth-order valence-corrected chi connectivity index (χ4v) is 2.19. The summed E-state index contributed by atoms with van der Waals surface area (Å²) < 4.78 is 0. The van der Waals surface area contributed by atoms with Gasteiger partial charge < -0.3 is 4.90 Å².